The predicted molar refractivity (Wildman–Crippen MR) is 251 cm³/mol. The minimum atomic E-state index is -2.04. The molecule has 0 radical (unpaired) electrons. The molecule has 0 spiro atoms. The van der Waals surface area contributed by atoms with E-state index in [4.69, 9.17) is 51.8 Å². The van der Waals surface area contributed by atoms with Crippen LogP contribution in [0.1, 0.15) is 12.5 Å². The van der Waals surface area contributed by atoms with Crippen molar-refractivity contribution in [2.24, 2.45) is 0 Å². The predicted octanol–water partition coefficient (Wildman–Crippen LogP) is -3.84. The number of methoxy groups -OCH3 is 1. The maximum absolute atomic E-state index is 12.9. The monoisotopic (exact) mass is 1100 g/mol. The summed E-state index contributed by atoms with van der Waals surface area (Å²) >= 11 is 0. The van der Waals surface area contributed by atoms with Gasteiger partial charge < -0.3 is 129 Å². The number of aliphatic hydroxyl groups excluding tert-OH is 13. The number of carbonyl (C=O) groups is 1. The second-order valence-corrected chi connectivity index (χ2v) is 18.4. The second-order valence-electron chi connectivity index (χ2n) is 18.4. The molecule has 0 saturated carbocycles. The van der Waals surface area contributed by atoms with Gasteiger partial charge >= 0.3 is 17.3 Å². The molecule has 4 aliphatic rings. The number of carbonyl (C=O) groups excluding carboxylic acids is 1. The number of ether oxygens (including phenoxy) is 10. The van der Waals surface area contributed by atoms with Gasteiger partial charge in [-0.15, -0.1) is 0 Å². The normalized spacial score (nSPS) is 35.6. The summed E-state index contributed by atoms with van der Waals surface area (Å²) < 4.78 is 62.5. The number of esters is 1. The first kappa shape index (κ1) is 57.3. The van der Waals surface area contributed by atoms with Gasteiger partial charge in [0.2, 0.25) is 30.4 Å². The molecule has 1 aromatic heterocycles. The first-order chi connectivity index (χ1) is 36.6. The van der Waals surface area contributed by atoms with Crippen LogP contribution in [0.5, 0.6) is 40.2 Å². The van der Waals surface area contributed by atoms with E-state index < -0.39 is 172 Å². The molecule has 3 aromatic carbocycles. The van der Waals surface area contributed by atoms with Gasteiger partial charge in [-0.1, -0.05) is 12.1 Å². The Balaban J connectivity index is 0.948. The number of benzene rings is 3. The van der Waals surface area contributed by atoms with Gasteiger partial charge in [0, 0.05) is 30.3 Å². The number of rotatable bonds is 16. The van der Waals surface area contributed by atoms with Crippen molar-refractivity contribution in [3.05, 3.63) is 66.2 Å². The second kappa shape index (κ2) is 24.0. The number of phenolic OH excluding ortho intramolecular Hbond substituents is 3. The Morgan fingerprint density at radius 2 is 1.14 bits per heavy atom. The number of hydrogen-bond donors (Lipinski definition) is 16. The van der Waals surface area contributed by atoms with Gasteiger partial charge in [0.05, 0.1) is 44.7 Å². The Kier molecular flexibility index (Phi) is 17.9. The van der Waals surface area contributed by atoms with Gasteiger partial charge in [-0.25, -0.2) is 9.21 Å². The van der Waals surface area contributed by atoms with E-state index in [1.54, 1.807) is 0 Å². The third kappa shape index (κ3) is 12.1. The summed E-state index contributed by atoms with van der Waals surface area (Å²) in [4.78, 5) is 12.9. The molecule has 0 aliphatic carbocycles. The van der Waals surface area contributed by atoms with Crippen molar-refractivity contribution in [1.82, 2.24) is 0 Å². The van der Waals surface area contributed by atoms with Crippen LogP contribution in [0.25, 0.3) is 28.4 Å². The molecule has 422 valence electrons. The highest BCUT2D eigenvalue weighted by Gasteiger charge is 2.50. The van der Waals surface area contributed by atoms with E-state index in [0.717, 1.165) is 24.3 Å². The zero-order chi connectivity index (χ0) is 55.7. The molecule has 28 nitrogen and oxygen atoms in total. The van der Waals surface area contributed by atoms with E-state index in [-0.39, 0.29) is 39.5 Å². The zero-order valence-corrected chi connectivity index (χ0v) is 40.6. The standard InChI is InChI=1S/C49H58O28/c1-17-44(77-31(54)8-5-18-3-6-21(7-4-18)70-47-40(63)36(59)33(56)28(14-50)74-47)39(62)43(66)46(69-17)68-16-30-35(58)38(61)42(65)49(76-30)73-27-13-22-24(71-45(27)19-9-23(53)32(55)26(10-19)67-2)11-20(52)12-25(22)72-48-41(64)37(60)34(57)29(15-51)75-48/h3-13,17,28-30,33-44,46-51,56-66H,14-16H2,1-2H3,(H2-,52,53,55)/p+1. The largest absolute Gasteiger partial charge is 0.507 e. The fourth-order valence-corrected chi connectivity index (χ4v) is 8.79. The lowest BCUT2D eigenvalue weighted by Gasteiger charge is -2.42. The van der Waals surface area contributed by atoms with Gasteiger partial charge in [0.15, 0.2) is 23.9 Å². The quantitative estimate of drug-likeness (QED) is 0.0221. The summed E-state index contributed by atoms with van der Waals surface area (Å²) in [7, 11) is 1.18. The SMILES string of the molecule is COc1cc(-c2[o+]c3cc(O)cc(OC4OC(CO)C(O)C(O)C4O)c3cc2OC2OC(COC3OC(C)C(OC(=O)C=Cc4ccc(OC5OC(CO)C(O)C(O)C5O)cc4)C(O)C3O)C(O)C(O)C2O)cc(O)c1O. The van der Waals surface area contributed by atoms with Crippen LogP contribution in [-0.4, -0.2) is 237 Å². The van der Waals surface area contributed by atoms with Crippen LogP contribution < -0.4 is 18.9 Å². The molecule has 4 saturated heterocycles. The minimum absolute atomic E-state index is 0.0637. The van der Waals surface area contributed by atoms with Crippen LogP contribution in [0.2, 0.25) is 0 Å². The summed E-state index contributed by atoms with van der Waals surface area (Å²) in [5, 5.41) is 168. The average Bonchev–Trinajstić information content (AvgIpc) is 3.41. The molecular formula is C49H59O28+. The van der Waals surface area contributed by atoms with E-state index in [0.29, 0.717) is 5.56 Å². The Morgan fingerprint density at radius 3 is 1.73 bits per heavy atom. The Hall–Kier alpha value is -5.84. The van der Waals surface area contributed by atoms with Crippen molar-refractivity contribution in [1.29, 1.82) is 0 Å². The fourth-order valence-electron chi connectivity index (χ4n) is 8.79. The summed E-state index contributed by atoms with van der Waals surface area (Å²) in [6.07, 6.45) is -31.2. The Labute approximate surface area is 435 Å². The summed E-state index contributed by atoms with van der Waals surface area (Å²) in [6, 6.07) is 11.5. The van der Waals surface area contributed by atoms with E-state index in [1.807, 2.05) is 0 Å². The van der Waals surface area contributed by atoms with Crippen LogP contribution in [0.3, 0.4) is 0 Å². The van der Waals surface area contributed by atoms with Crippen molar-refractivity contribution in [3.63, 3.8) is 0 Å². The van der Waals surface area contributed by atoms with E-state index >= 15 is 0 Å². The van der Waals surface area contributed by atoms with Gasteiger partial charge in [-0.05, 0) is 30.7 Å². The van der Waals surface area contributed by atoms with Crippen molar-refractivity contribution in [3.8, 4) is 51.6 Å². The maximum Gasteiger partial charge on any atom is 0.402 e. The third-order valence-corrected chi connectivity index (χ3v) is 13.2. The average molecular weight is 1100 g/mol. The Bertz CT molecular complexity index is 2690. The Morgan fingerprint density at radius 1 is 0.597 bits per heavy atom. The number of phenols is 3. The molecule has 20 unspecified atom stereocenters. The minimum Gasteiger partial charge on any atom is -0.507 e. The molecule has 5 heterocycles. The summed E-state index contributed by atoms with van der Waals surface area (Å²) in [5.74, 6) is -3.92. The molecule has 4 fully saturated rings. The van der Waals surface area contributed by atoms with Crippen LogP contribution in [0.15, 0.2) is 65.1 Å². The number of hydrogen-bond acceptors (Lipinski definition) is 27. The fraction of sp³-hybridized carbons (Fsp3) is 0.510. The van der Waals surface area contributed by atoms with Crippen molar-refractivity contribution in [2.75, 3.05) is 26.9 Å². The molecule has 4 aromatic rings. The smallest absolute Gasteiger partial charge is 0.402 e. The van der Waals surface area contributed by atoms with Gasteiger partial charge in [0.1, 0.15) is 108 Å². The maximum atomic E-state index is 12.9. The zero-order valence-electron chi connectivity index (χ0n) is 40.6. The number of fused-ring (bicyclic) bond motifs is 1. The van der Waals surface area contributed by atoms with Crippen molar-refractivity contribution >= 4 is 23.0 Å². The molecule has 77 heavy (non-hydrogen) atoms. The van der Waals surface area contributed by atoms with Gasteiger partial charge in [-0.2, -0.15) is 0 Å². The highest BCUT2D eigenvalue weighted by molar-refractivity contribution is 5.89. The molecule has 4 aliphatic heterocycles. The number of aromatic hydroxyl groups is 3. The first-order valence-electron chi connectivity index (χ1n) is 23.8. The summed E-state index contributed by atoms with van der Waals surface area (Å²) in [6.45, 7) is -0.770. The third-order valence-electron chi connectivity index (χ3n) is 13.2. The molecule has 16 N–H and O–H groups in total. The van der Waals surface area contributed by atoms with E-state index in [2.05, 4.69) is 0 Å². The summed E-state index contributed by atoms with van der Waals surface area (Å²) in [5.41, 5.74) is 0.199. The highest BCUT2D eigenvalue weighted by atomic mass is 16.7. The molecule has 20 atom stereocenters. The van der Waals surface area contributed by atoms with Crippen LogP contribution in [0, 0.1) is 0 Å². The topological polar surface area (TPSA) is 444 Å². The van der Waals surface area contributed by atoms with Crippen LogP contribution >= 0.6 is 0 Å². The van der Waals surface area contributed by atoms with Crippen molar-refractivity contribution < 1.29 is 138 Å². The van der Waals surface area contributed by atoms with E-state index in [1.165, 1.54) is 56.5 Å². The van der Waals surface area contributed by atoms with Crippen LogP contribution in [0.4, 0.5) is 0 Å². The molecule has 8 rings (SSSR count). The molecule has 0 amide bonds. The molecule has 28 heteroatoms. The lowest BCUT2D eigenvalue weighted by molar-refractivity contribution is -0.319. The van der Waals surface area contributed by atoms with Crippen LogP contribution in [-0.2, 0) is 33.2 Å². The van der Waals surface area contributed by atoms with E-state index in [9.17, 15) is 86.5 Å². The lowest BCUT2D eigenvalue weighted by Crippen LogP contribution is -2.62. The molecular weight excluding hydrogens is 1040 g/mol. The highest BCUT2D eigenvalue weighted by Crippen LogP contribution is 2.46. The number of aliphatic hydroxyl groups is 13. The first-order valence-corrected chi connectivity index (χ1v) is 23.8. The molecule has 0 bridgehead atoms. The van der Waals surface area contributed by atoms with Crippen molar-refractivity contribution in [2.45, 2.75) is 130 Å². The van der Waals surface area contributed by atoms with Gasteiger partial charge in [-0.3, -0.25) is 0 Å². The lowest BCUT2D eigenvalue weighted by atomic mass is 9.98. The van der Waals surface area contributed by atoms with Gasteiger partial charge in [0.25, 0.3) is 0 Å².